The fourth-order valence-corrected chi connectivity index (χ4v) is 3.89. The molecule has 0 aliphatic rings. The highest BCUT2D eigenvalue weighted by Crippen LogP contribution is 2.36. The summed E-state index contributed by atoms with van der Waals surface area (Å²) in [5.74, 6) is 0.789. The smallest absolute Gasteiger partial charge is 0.308 e. The van der Waals surface area contributed by atoms with E-state index in [4.69, 9.17) is 9.47 Å². The van der Waals surface area contributed by atoms with Gasteiger partial charge < -0.3 is 9.47 Å². The first kappa shape index (κ1) is 23.1. The predicted octanol–water partition coefficient (Wildman–Crippen LogP) is 5.08. The van der Waals surface area contributed by atoms with Gasteiger partial charge in [0.2, 0.25) is 0 Å². The summed E-state index contributed by atoms with van der Waals surface area (Å²) in [6, 6.07) is 8.83. The number of hydrogen-bond donors (Lipinski definition) is 0. The number of aryl methyl sites for hydroxylation is 1. The van der Waals surface area contributed by atoms with Crippen LogP contribution in [0.5, 0.6) is 11.5 Å². The minimum atomic E-state index is -0.457. The number of carbonyl (C=O) groups is 1. The molecule has 0 bridgehead atoms. The third kappa shape index (κ3) is 5.40. The molecule has 31 heavy (non-hydrogen) atoms. The number of halogens is 2. The van der Waals surface area contributed by atoms with Crippen molar-refractivity contribution in [3.8, 4) is 11.5 Å². The highest BCUT2D eigenvalue weighted by molar-refractivity contribution is 9.10. The molecule has 1 heterocycles. The van der Waals surface area contributed by atoms with E-state index in [1.807, 2.05) is 12.1 Å². The number of unbranched alkanes of at least 4 members (excludes halogenated alkanes) is 1. The average molecular weight is 551 g/mol. The van der Waals surface area contributed by atoms with Crippen LogP contribution in [0.4, 0.5) is 0 Å². The number of rotatable bonds is 7. The SMILES string of the molecule is CCCCc1nc2ccc(Br)cc2c(=O)n1N=Cc1cc(Br)c(OC(C)=O)c(OC)c1. The lowest BCUT2D eigenvalue weighted by Crippen LogP contribution is -2.22. The van der Waals surface area contributed by atoms with Crippen LogP contribution < -0.4 is 15.0 Å². The van der Waals surface area contributed by atoms with Crippen LogP contribution in [-0.4, -0.2) is 29.0 Å². The molecule has 3 rings (SSSR count). The monoisotopic (exact) mass is 549 g/mol. The number of esters is 1. The molecule has 1 aromatic heterocycles. The summed E-state index contributed by atoms with van der Waals surface area (Å²) in [4.78, 5) is 29.2. The highest BCUT2D eigenvalue weighted by atomic mass is 79.9. The zero-order valence-corrected chi connectivity index (χ0v) is 20.5. The van der Waals surface area contributed by atoms with Gasteiger partial charge in [-0.25, -0.2) is 4.98 Å². The van der Waals surface area contributed by atoms with Gasteiger partial charge in [-0.05, 0) is 58.2 Å². The van der Waals surface area contributed by atoms with Gasteiger partial charge in [0.1, 0.15) is 5.82 Å². The van der Waals surface area contributed by atoms with Crippen molar-refractivity contribution in [3.05, 3.63) is 61.0 Å². The van der Waals surface area contributed by atoms with Crippen molar-refractivity contribution in [2.75, 3.05) is 7.11 Å². The van der Waals surface area contributed by atoms with Crippen molar-refractivity contribution in [3.63, 3.8) is 0 Å². The summed E-state index contributed by atoms with van der Waals surface area (Å²) < 4.78 is 13.2. The van der Waals surface area contributed by atoms with Gasteiger partial charge in [0.05, 0.1) is 28.7 Å². The number of nitrogens with zero attached hydrogens (tertiary/aromatic N) is 3. The molecule has 0 aliphatic carbocycles. The molecule has 3 aromatic rings. The standard InChI is InChI=1S/C22H21Br2N3O4/c1-4-5-6-20-26-18-8-7-15(23)11-16(18)22(29)27(20)25-12-14-9-17(24)21(31-13(2)28)19(10-14)30-3/h7-12H,4-6H2,1-3H3. The molecule has 0 fully saturated rings. The van der Waals surface area contributed by atoms with E-state index in [9.17, 15) is 9.59 Å². The summed E-state index contributed by atoms with van der Waals surface area (Å²) in [5, 5.41) is 4.92. The highest BCUT2D eigenvalue weighted by Gasteiger charge is 2.14. The number of ether oxygens (including phenoxy) is 2. The van der Waals surface area contributed by atoms with Crippen molar-refractivity contribution >= 4 is 54.9 Å². The molecule has 0 N–H and O–H groups in total. The molecular formula is C22H21Br2N3O4. The van der Waals surface area contributed by atoms with Crippen molar-refractivity contribution in [1.82, 2.24) is 9.66 Å². The lowest BCUT2D eigenvalue weighted by Gasteiger charge is -2.11. The van der Waals surface area contributed by atoms with E-state index in [1.54, 1.807) is 24.4 Å². The third-order valence-corrected chi connectivity index (χ3v) is 5.53. The van der Waals surface area contributed by atoms with Gasteiger partial charge in [-0.2, -0.15) is 9.78 Å². The lowest BCUT2D eigenvalue weighted by molar-refractivity contribution is -0.132. The largest absolute Gasteiger partial charge is 0.493 e. The van der Waals surface area contributed by atoms with Gasteiger partial charge in [-0.15, -0.1) is 0 Å². The molecule has 0 saturated carbocycles. The molecule has 7 nitrogen and oxygen atoms in total. The van der Waals surface area contributed by atoms with E-state index in [-0.39, 0.29) is 11.3 Å². The van der Waals surface area contributed by atoms with Gasteiger partial charge in [-0.3, -0.25) is 9.59 Å². The van der Waals surface area contributed by atoms with Crippen molar-refractivity contribution < 1.29 is 14.3 Å². The van der Waals surface area contributed by atoms with E-state index >= 15 is 0 Å². The molecule has 0 saturated heterocycles. The number of aromatic nitrogens is 2. The van der Waals surface area contributed by atoms with Gasteiger partial charge in [0, 0.05) is 17.8 Å². The zero-order valence-electron chi connectivity index (χ0n) is 17.3. The number of hydrogen-bond acceptors (Lipinski definition) is 6. The van der Waals surface area contributed by atoms with E-state index in [0.29, 0.717) is 38.9 Å². The second-order valence-electron chi connectivity index (χ2n) is 6.78. The first-order valence-corrected chi connectivity index (χ1v) is 11.2. The summed E-state index contributed by atoms with van der Waals surface area (Å²) in [5.41, 5.74) is 1.06. The first-order valence-electron chi connectivity index (χ1n) is 9.65. The molecule has 0 aliphatic heterocycles. The molecule has 0 spiro atoms. The molecule has 0 unspecified atom stereocenters. The van der Waals surface area contributed by atoms with Crippen LogP contribution in [0.1, 0.15) is 38.1 Å². The Morgan fingerprint density at radius 3 is 2.71 bits per heavy atom. The minimum Gasteiger partial charge on any atom is -0.493 e. The fraction of sp³-hybridized carbons (Fsp3) is 0.273. The summed E-state index contributed by atoms with van der Waals surface area (Å²) in [6.45, 7) is 3.40. The average Bonchev–Trinajstić information content (AvgIpc) is 2.73. The van der Waals surface area contributed by atoms with Gasteiger partial charge in [0.15, 0.2) is 11.5 Å². The van der Waals surface area contributed by atoms with E-state index in [0.717, 1.165) is 17.3 Å². The van der Waals surface area contributed by atoms with Crippen molar-refractivity contribution in [2.24, 2.45) is 5.10 Å². The first-order chi connectivity index (χ1) is 14.8. The maximum Gasteiger partial charge on any atom is 0.308 e. The van der Waals surface area contributed by atoms with Crippen LogP contribution in [0.25, 0.3) is 10.9 Å². The normalized spacial score (nSPS) is 11.3. The van der Waals surface area contributed by atoms with Gasteiger partial charge in [0.25, 0.3) is 5.56 Å². The summed E-state index contributed by atoms with van der Waals surface area (Å²) in [6.07, 6.45) is 4.04. The van der Waals surface area contributed by atoms with Crippen LogP contribution >= 0.6 is 31.9 Å². The van der Waals surface area contributed by atoms with Crippen LogP contribution in [0.3, 0.4) is 0 Å². The Labute approximate surface area is 196 Å². The molecule has 162 valence electrons. The van der Waals surface area contributed by atoms with Crippen LogP contribution in [0.2, 0.25) is 0 Å². The van der Waals surface area contributed by atoms with Crippen molar-refractivity contribution in [2.45, 2.75) is 33.1 Å². The Balaban J connectivity index is 2.09. The summed E-state index contributed by atoms with van der Waals surface area (Å²) >= 11 is 6.80. The van der Waals surface area contributed by atoms with Crippen LogP contribution in [0, 0.1) is 0 Å². The molecular weight excluding hydrogens is 530 g/mol. The number of fused-ring (bicyclic) bond motifs is 1. The Morgan fingerprint density at radius 2 is 2.03 bits per heavy atom. The van der Waals surface area contributed by atoms with Gasteiger partial charge >= 0.3 is 5.97 Å². The van der Waals surface area contributed by atoms with Gasteiger partial charge in [-0.1, -0.05) is 29.3 Å². The predicted molar refractivity (Wildman–Crippen MR) is 127 cm³/mol. The molecule has 0 amide bonds. The van der Waals surface area contributed by atoms with Crippen LogP contribution in [0.15, 0.2) is 49.2 Å². The molecule has 9 heteroatoms. The van der Waals surface area contributed by atoms with E-state index in [2.05, 4.69) is 48.9 Å². The Morgan fingerprint density at radius 1 is 1.26 bits per heavy atom. The maximum atomic E-state index is 13.1. The lowest BCUT2D eigenvalue weighted by atomic mass is 10.2. The second-order valence-corrected chi connectivity index (χ2v) is 8.55. The fourth-order valence-electron chi connectivity index (χ4n) is 2.99. The molecule has 0 radical (unpaired) electrons. The minimum absolute atomic E-state index is 0.240. The number of benzene rings is 2. The maximum absolute atomic E-state index is 13.1. The molecule has 0 atom stereocenters. The summed E-state index contributed by atoms with van der Waals surface area (Å²) in [7, 11) is 1.48. The van der Waals surface area contributed by atoms with E-state index in [1.165, 1.54) is 18.7 Å². The Hall–Kier alpha value is -2.52. The number of carbonyl (C=O) groups excluding carboxylic acids is 1. The third-order valence-electron chi connectivity index (χ3n) is 4.45. The number of methoxy groups -OCH3 is 1. The molecule has 2 aromatic carbocycles. The Kier molecular flexibility index (Phi) is 7.61. The second kappa shape index (κ2) is 10.2. The van der Waals surface area contributed by atoms with Crippen LogP contribution in [-0.2, 0) is 11.2 Å². The zero-order chi connectivity index (χ0) is 22.5. The quantitative estimate of drug-likeness (QED) is 0.233. The van der Waals surface area contributed by atoms with Crippen molar-refractivity contribution in [1.29, 1.82) is 0 Å². The topological polar surface area (TPSA) is 82.8 Å². The van der Waals surface area contributed by atoms with E-state index < -0.39 is 5.97 Å². The Bertz CT molecular complexity index is 1220.